The van der Waals surface area contributed by atoms with Crippen molar-refractivity contribution in [2.45, 2.75) is 19.1 Å². The van der Waals surface area contributed by atoms with Gasteiger partial charge in [-0.15, -0.1) is 0 Å². The summed E-state index contributed by atoms with van der Waals surface area (Å²) in [7, 11) is 0. The van der Waals surface area contributed by atoms with Gasteiger partial charge in [-0.25, -0.2) is 0 Å². The van der Waals surface area contributed by atoms with Crippen molar-refractivity contribution in [3.8, 4) is 0 Å². The van der Waals surface area contributed by atoms with E-state index in [2.05, 4.69) is 9.97 Å². The van der Waals surface area contributed by atoms with Crippen LogP contribution < -0.4 is 0 Å². The summed E-state index contributed by atoms with van der Waals surface area (Å²) in [6.45, 7) is 1.39. The lowest BCUT2D eigenvalue weighted by Gasteiger charge is -2.24. The minimum atomic E-state index is -0.919. The number of nitrogens with zero attached hydrogens (tertiary/aromatic N) is 2. The number of aromatic nitrogens is 2. The highest BCUT2D eigenvalue weighted by molar-refractivity contribution is 4.92. The Labute approximate surface area is 82.4 Å². The summed E-state index contributed by atoms with van der Waals surface area (Å²) in [6, 6.07) is 0. The first kappa shape index (κ1) is 11.0. The monoisotopic (exact) mass is 198 g/mol. The Morgan fingerprint density at radius 3 is 2.57 bits per heavy atom. The van der Waals surface area contributed by atoms with Crippen LogP contribution in [0.3, 0.4) is 0 Å². The van der Waals surface area contributed by atoms with Gasteiger partial charge in [0, 0.05) is 12.4 Å². The third-order valence-corrected chi connectivity index (χ3v) is 1.85. The molecular formula is C9H14N2O3. The predicted molar refractivity (Wildman–Crippen MR) is 49.4 cm³/mol. The van der Waals surface area contributed by atoms with Gasteiger partial charge in [-0.2, -0.15) is 0 Å². The summed E-state index contributed by atoms with van der Waals surface area (Å²) in [6.07, 6.45) is 4.71. The van der Waals surface area contributed by atoms with E-state index in [9.17, 15) is 0 Å². The van der Waals surface area contributed by atoms with E-state index in [0.717, 1.165) is 0 Å². The average Bonchev–Trinajstić information content (AvgIpc) is 2.27. The zero-order valence-corrected chi connectivity index (χ0v) is 8.05. The Hall–Kier alpha value is -1.04. The van der Waals surface area contributed by atoms with Crippen molar-refractivity contribution >= 4 is 0 Å². The standard InChI is InChI=1S/C9H14N2O3/c1-9(6-12,7-13)14-5-8-4-10-2-3-11-8/h2-4,12-13H,5-7H2,1H3. The number of aliphatic hydroxyl groups is 2. The Kier molecular flexibility index (Phi) is 3.94. The zero-order chi connectivity index (χ0) is 10.4. The third kappa shape index (κ3) is 3.02. The normalized spacial score (nSPS) is 11.6. The molecule has 0 aliphatic rings. The Balaban J connectivity index is 2.48. The van der Waals surface area contributed by atoms with Gasteiger partial charge in [0.2, 0.25) is 0 Å². The van der Waals surface area contributed by atoms with Gasteiger partial charge in [-0.05, 0) is 6.92 Å². The largest absolute Gasteiger partial charge is 0.393 e. The van der Waals surface area contributed by atoms with Crippen molar-refractivity contribution in [1.82, 2.24) is 9.97 Å². The van der Waals surface area contributed by atoms with E-state index in [1.165, 1.54) is 0 Å². The summed E-state index contributed by atoms with van der Waals surface area (Å²) in [5, 5.41) is 17.9. The molecule has 5 heteroatoms. The molecule has 0 amide bonds. The molecule has 0 atom stereocenters. The van der Waals surface area contributed by atoms with Crippen molar-refractivity contribution in [1.29, 1.82) is 0 Å². The highest BCUT2D eigenvalue weighted by Gasteiger charge is 2.23. The molecule has 0 fully saturated rings. The van der Waals surface area contributed by atoms with Crippen LogP contribution in [0, 0.1) is 0 Å². The second-order valence-electron chi connectivity index (χ2n) is 3.25. The molecule has 0 bridgehead atoms. The molecule has 1 heterocycles. The van der Waals surface area contributed by atoms with Gasteiger partial charge in [0.15, 0.2) is 0 Å². The Bertz CT molecular complexity index is 262. The topological polar surface area (TPSA) is 75.5 Å². The predicted octanol–water partition coefficient (Wildman–Crippen LogP) is -0.264. The van der Waals surface area contributed by atoms with Gasteiger partial charge in [0.25, 0.3) is 0 Å². The number of ether oxygens (including phenoxy) is 1. The molecule has 0 radical (unpaired) electrons. The van der Waals surface area contributed by atoms with Crippen LogP contribution >= 0.6 is 0 Å². The smallest absolute Gasteiger partial charge is 0.112 e. The SMILES string of the molecule is CC(CO)(CO)OCc1cnccn1. The van der Waals surface area contributed by atoms with Crippen molar-refractivity contribution in [2.75, 3.05) is 13.2 Å². The zero-order valence-electron chi connectivity index (χ0n) is 8.05. The summed E-state index contributed by atoms with van der Waals surface area (Å²) < 4.78 is 5.31. The van der Waals surface area contributed by atoms with E-state index in [-0.39, 0.29) is 19.8 Å². The van der Waals surface area contributed by atoms with Crippen molar-refractivity contribution in [3.63, 3.8) is 0 Å². The molecule has 1 rings (SSSR count). The molecular weight excluding hydrogens is 184 g/mol. The van der Waals surface area contributed by atoms with Crippen LogP contribution in [0.5, 0.6) is 0 Å². The minimum Gasteiger partial charge on any atom is -0.393 e. The summed E-state index contributed by atoms with van der Waals surface area (Å²) >= 11 is 0. The summed E-state index contributed by atoms with van der Waals surface area (Å²) in [5.41, 5.74) is -0.252. The second-order valence-corrected chi connectivity index (χ2v) is 3.25. The lowest BCUT2D eigenvalue weighted by atomic mass is 10.1. The van der Waals surface area contributed by atoms with Crippen molar-refractivity contribution in [2.24, 2.45) is 0 Å². The molecule has 0 saturated carbocycles. The maximum absolute atomic E-state index is 8.94. The number of hydrogen-bond donors (Lipinski definition) is 2. The molecule has 0 unspecified atom stereocenters. The third-order valence-electron chi connectivity index (χ3n) is 1.85. The second kappa shape index (κ2) is 4.99. The van der Waals surface area contributed by atoms with Crippen molar-refractivity contribution < 1.29 is 14.9 Å². The van der Waals surface area contributed by atoms with Crippen LogP contribution in [-0.2, 0) is 11.3 Å². The molecule has 1 aromatic heterocycles. The molecule has 2 N–H and O–H groups in total. The molecule has 0 aromatic carbocycles. The van der Waals surface area contributed by atoms with Crippen molar-refractivity contribution in [3.05, 3.63) is 24.3 Å². The fourth-order valence-electron chi connectivity index (χ4n) is 0.794. The van der Waals surface area contributed by atoms with E-state index < -0.39 is 5.60 Å². The van der Waals surface area contributed by atoms with Gasteiger partial charge in [0.05, 0.1) is 31.7 Å². The average molecular weight is 198 g/mol. The lowest BCUT2D eigenvalue weighted by Crippen LogP contribution is -2.37. The summed E-state index contributed by atoms with van der Waals surface area (Å²) in [4.78, 5) is 7.87. The van der Waals surface area contributed by atoms with Gasteiger partial charge in [-0.3, -0.25) is 9.97 Å². The first-order valence-corrected chi connectivity index (χ1v) is 4.31. The summed E-state index contributed by atoms with van der Waals surface area (Å²) in [5.74, 6) is 0. The van der Waals surface area contributed by atoms with Gasteiger partial charge in [0.1, 0.15) is 5.60 Å². The molecule has 1 aromatic rings. The fourth-order valence-corrected chi connectivity index (χ4v) is 0.794. The minimum absolute atomic E-state index is 0.228. The van der Waals surface area contributed by atoms with Crippen LogP contribution in [-0.4, -0.2) is 39.0 Å². The number of aliphatic hydroxyl groups excluding tert-OH is 2. The first-order valence-electron chi connectivity index (χ1n) is 4.31. The fraction of sp³-hybridized carbons (Fsp3) is 0.556. The van der Waals surface area contributed by atoms with Crippen LogP contribution in [0.2, 0.25) is 0 Å². The van der Waals surface area contributed by atoms with Gasteiger partial charge >= 0.3 is 0 Å². The molecule has 78 valence electrons. The van der Waals surface area contributed by atoms with Crippen LogP contribution in [0.4, 0.5) is 0 Å². The molecule has 5 nitrogen and oxygen atoms in total. The number of hydrogen-bond acceptors (Lipinski definition) is 5. The first-order chi connectivity index (χ1) is 6.70. The molecule has 0 spiro atoms. The maximum Gasteiger partial charge on any atom is 0.112 e. The van der Waals surface area contributed by atoms with Crippen LogP contribution in [0.25, 0.3) is 0 Å². The van der Waals surface area contributed by atoms with E-state index in [1.54, 1.807) is 25.5 Å². The molecule has 14 heavy (non-hydrogen) atoms. The maximum atomic E-state index is 8.94. The Morgan fingerprint density at radius 1 is 1.36 bits per heavy atom. The quantitative estimate of drug-likeness (QED) is 0.681. The molecule has 0 aliphatic carbocycles. The van der Waals surface area contributed by atoms with Gasteiger partial charge in [-0.1, -0.05) is 0 Å². The van der Waals surface area contributed by atoms with E-state index in [1.807, 2.05) is 0 Å². The van der Waals surface area contributed by atoms with E-state index in [4.69, 9.17) is 14.9 Å². The highest BCUT2D eigenvalue weighted by atomic mass is 16.5. The van der Waals surface area contributed by atoms with E-state index >= 15 is 0 Å². The lowest BCUT2D eigenvalue weighted by molar-refractivity contribution is -0.105. The highest BCUT2D eigenvalue weighted by Crippen LogP contribution is 2.10. The van der Waals surface area contributed by atoms with Gasteiger partial charge < -0.3 is 14.9 Å². The Morgan fingerprint density at radius 2 is 2.07 bits per heavy atom. The number of rotatable bonds is 5. The van der Waals surface area contributed by atoms with Crippen LogP contribution in [0.15, 0.2) is 18.6 Å². The van der Waals surface area contributed by atoms with E-state index in [0.29, 0.717) is 5.69 Å². The molecule has 0 aliphatic heterocycles. The van der Waals surface area contributed by atoms with Crippen LogP contribution in [0.1, 0.15) is 12.6 Å². The molecule has 0 saturated heterocycles.